The van der Waals surface area contributed by atoms with Gasteiger partial charge in [0.25, 0.3) is 0 Å². The molecule has 0 bridgehead atoms. The van der Waals surface area contributed by atoms with Crippen molar-refractivity contribution in [3.63, 3.8) is 0 Å². The summed E-state index contributed by atoms with van der Waals surface area (Å²) in [6.07, 6.45) is 45.9. The third kappa shape index (κ3) is 46.0. The lowest BCUT2D eigenvalue weighted by Gasteiger charge is -2.04. The van der Waals surface area contributed by atoms with E-state index in [9.17, 15) is 4.79 Å². The van der Waals surface area contributed by atoms with E-state index in [1.807, 2.05) is 0 Å². The van der Waals surface area contributed by atoms with E-state index in [4.69, 9.17) is 10.5 Å². The normalized spacial score (nSPS) is 11.0. The lowest BCUT2D eigenvalue weighted by atomic mass is 10.0. The quantitative estimate of drug-likeness (QED) is 0.0574. The molecule has 0 radical (unpaired) electrons. The molecule has 3 heteroatoms. The van der Waals surface area contributed by atoms with Gasteiger partial charge in [0.2, 0.25) is 0 Å². The van der Waals surface area contributed by atoms with Gasteiger partial charge >= 0.3 is 5.97 Å². The molecule has 0 aromatic carbocycles. The highest BCUT2D eigenvalue weighted by atomic mass is 16.5. The summed E-state index contributed by atoms with van der Waals surface area (Å²) in [6, 6.07) is 0. The molecule has 0 unspecified atom stereocenters. The van der Waals surface area contributed by atoms with Crippen LogP contribution in [0.4, 0.5) is 0 Å². The van der Waals surface area contributed by atoms with E-state index in [0.29, 0.717) is 13.0 Å². The van der Waals surface area contributed by atoms with Crippen molar-refractivity contribution in [2.75, 3.05) is 13.2 Å². The molecule has 0 aromatic heterocycles. The third-order valence-electron chi connectivity index (χ3n) is 8.80. The van der Waals surface area contributed by atoms with Crippen molar-refractivity contribution >= 4 is 5.97 Å². The summed E-state index contributed by atoms with van der Waals surface area (Å²) in [6.45, 7) is 8.16. The third-order valence-corrected chi connectivity index (χ3v) is 8.80. The Morgan fingerprint density at radius 2 is 0.628 bits per heavy atom. The highest BCUT2D eigenvalue weighted by Gasteiger charge is 2.02. The molecule has 0 spiro atoms. The van der Waals surface area contributed by atoms with Crippen LogP contribution < -0.4 is 5.73 Å². The SMILES string of the molecule is CCCCCCCCCCCCCCCCCC(=O)OCCCC.CCCCCCCCCCCCCCCCCCN. The molecule has 0 aliphatic heterocycles. The molecule has 0 aromatic rings. The van der Waals surface area contributed by atoms with Crippen molar-refractivity contribution in [3.05, 3.63) is 0 Å². The number of hydrogen-bond donors (Lipinski definition) is 1. The van der Waals surface area contributed by atoms with E-state index >= 15 is 0 Å². The maximum absolute atomic E-state index is 11.4. The van der Waals surface area contributed by atoms with Gasteiger partial charge in [-0.15, -0.1) is 0 Å². The Morgan fingerprint density at radius 3 is 0.907 bits per heavy atom. The first-order valence-electron chi connectivity index (χ1n) is 20.1. The maximum Gasteiger partial charge on any atom is 0.305 e. The molecule has 43 heavy (non-hydrogen) atoms. The summed E-state index contributed by atoms with van der Waals surface area (Å²) in [5, 5.41) is 0. The van der Waals surface area contributed by atoms with E-state index < -0.39 is 0 Å². The van der Waals surface area contributed by atoms with Gasteiger partial charge in [-0.1, -0.05) is 213 Å². The van der Waals surface area contributed by atoms with Gasteiger partial charge in [0.05, 0.1) is 6.61 Å². The zero-order chi connectivity index (χ0) is 31.7. The van der Waals surface area contributed by atoms with Gasteiger partial charge < -0.3 is 10.5 Å². The molecule has 0 saturated carbocycles. The van der Waals surface area contributed by atoms with Crippen LogP contribution in [0, 0.1) is 0 Å². The molecule has 260 valence electrons. The van der Waals surface area contributed by atoms with Crippen molar-refractivity contribution in [1.29, 1.82) is 0 Å². The smallest absolute Gasteiger partial charge is 0.305 e. The Morgan fingerprint density at radius 1 is 0.372 bits per heavy atom. The van der Waals surface area contributed by atoms with Gasteiger partial charge in [-0.3, -0.25) is 4.79 Å². The van der Waals surface area contributed by atoms with E-state index in [1.54, 1.807) is 0 Å². The Hall–Kier alpha value is -0.570. The summed E-state index contributed by atoms with van der Waals surface area (Å²) in [5.74, 6) is -0.00172. The molecule has 0 heterocycles. The summed E-state index contributed by atoms with van der Waals surface area (Å²) >= 11 is 0. The Labute approximate surface area is 273 Å². The number of rotatable bonds is 35. The number of ether oxygens (including phenoxy) is 1. The molecule has 2 N–H and O–H groups in total. The van der Waals surface area contributed by atoms with Crippen LogP contribution in [0.5, 0.6) is 0 Å². The molecule has 0 atom stereocenters. The fourth-order valence-electron chi connectivity index (χ4n) is 5.74. The van der Waals surface area contributed by atoms with Gasteiger partial charge in [-0.05, 0) is 25.8 Å². The van der Waals surface area contributed by atoms with Crippen molar-refractivity contribution in [2.45, 2.75) is 239 Å². The number of carbonyl (C=O) groups is 1. The van der Waals surface area contributed by atoms with Crippen molar-refractivity contribution in [1.82, 2.24) is 0 Å². The Kier molecular flexibility index (Phi) is 45.1. The first-order valence-corrected chi connectivity index (χ1v) is 20.1. The Balaban J connectivity index is 0. The van der Waals surface area contributed by atoms with Crippen LogP contribution in [0.2, 0.25) is 0 Å². The lowest BCUT2D eigenvalue weighted by Crippen LogP contribution is -2.05. The molecular formula is C40H83NO2. The highest BCUT2D eigenvalue weighted by molar-refractivity contribution is 5.69. The van der Waals surface area contributed by atoms with E-state index in [0.717, 1.165) is 25.8 Å². The largest absolute Gasteiger partial charge is 0.466 e. The van der Waals surface area contributed by atoms with Crippen LogP contribution in [0.1, 0.15) is 239 Å². The second-order valence-electron chi connectivity index (χ2n) is 13.4. The van der Waals surface area contributed by atoms with Crippen LogP contribution in [0.15, 0.2) is 0 Å². The van der Waals surface area contributed by atoms with Gasteiger partial charge in [-0.2, -0.15) is 0 Å². The first kappa shape index (κ1) is 44.6. The molecule has 0 aliphatic rings. The number of nitrogens with two attached hydrogens (primary N) is 1. The van der Waals surface area contributed by atoms with Crippen LogP contribution in [-0.2, 0) is 9.53 Å². The van der Waals surface area contributed by atoms with Gasteiger partial charge in [-0.25, -0.2) is 0 Å². The average Bonchev–Trinajstić information content (AvgIpc) is 3.01. The van der Waals surface area contributed by atoms with Crippen molar-refractivity contribution < 1.29 is 9.53 Å². The zero-order valence-electron chi connectivity index (χ0n) is 30.3. The van der Waals surface area contributed by atoms with Crippen LogP contribution >= 0.6 is 0 Å². The fourth-order valence-corrected chi connectivity index (χ4v) is 5.74. The number of hydrogen-bond acceptors (Lipinski definition) is 3. The lowest BCUT2D eigenvalue weighted by molar-refractivity contribution is -0.143. The molecule has 0 saturated heterocycles. The zero-order valence-corrected chi connectivity index (χ0v) is 30.3. The Bertz CT molecular complexity index is 465. The summed E-state index contributed by atoms with van der Waals surface area (Å²) in [7, 11) is 0. The summed E-state index contributed by atoms with van der Waals surface area (Å²) in [5.41, 5.74) is 5.48. The minimum absolute atomic E-state index is 0.00172. The predicted octanol–water partition coefficient (Wildman–Crippen LogP) is 13.8. The van der Waals surface area contributed by atoms with Crippen molar-refractivity contribution in [3.8, 4) is 0 Å². The maximum atomic E-state index is 11.4. The number of esters is 1. The van der Waals surface area contributed by atoms with Crippen LogP contribution in [0.3, 0.4) is 0 Å². The standard InChI is InChI=1S/C22H44O2.C18H39N/c1-3-5-7-8-9-10-11-12-13-14-15-16-17-18-19-20-22(23)24-21-6-4-2;1-2-3-4-5-6-7-8-9-10-11-12-13-14-15-16-17-18-19/h3-21H2,1-2H3;2-19H2,1H3. The minimum Gasteiger partial charge on any atom is -0.466 e. The minimum atomic E-state index is -0.00172. The van der Waals surface area contributed by atoms with Crippen LogP contribution in [0.25, 0.3) is 0 Å². The molecule has 0 aliphatic carbocycles. The van der Waals surface area contributed by atoms with Crippen molar-refractivity contribution in [2.24, 2.45) is 5.73 Å². The second-order valence-corrected chi connectivity index (χ2v) is 13.4. The second kappa shape index (κ2) is 43.6. The van der Waals surface area contributed by atoms with E-state index in [-0.39, 0.29) is 5.97 Å². The van der Waals surface area contributed by atoms with Crippen LogP contribution in [-0.4, -0.2) is 19.1 Å². The van der Waals surface area contributed by atoms with Gasteiger partial charge in [0.15, 0.2) is 0 Å². The average molecular weight is 610 g/mol. The summed E-state index contributed by atoms with van der Waals surface area (Å²) < 4.78 is 5.16. The molecule has 0 fully saturated rings. The molecule has 0 rings (SSSR count). The summed E-state index contributed by atoms with van der Waals surface area (Å²) in [4.78, 5) is 11.4. The predicted molar refractivity (Wildman–Crippen MR) is 194 cm³/mol. The topological polar surface area (TPSA) is 52.3 Å². The molecule has 3 nitrogen and oxygen atoms in total. The number of unbranched alkanes of at least 4 members (excludes halogenated alkanes) is 30. The van der Waals surface area contributed by atoms with Gasteiger partial charge in [0.1, 0.15) is 0 Å². The number of carbonyl (C=O) groups excluding carboxylic acids is 1. The highest BCUT2D eigenvalue weighted by Crippen LogP contribution is 2.15. The monoisotopic (exact) mass is 610 g/mol. The van der Waals surface area contributed by atoms with Gasteiger partial charge in [0, 0.05) is 6.42 Å². The van der Waals surface area contributed by atoms with E-state index in [1.165, 1.54) is 193 Å². The van der Waals surface area contributed by atoms with E-state index in [2.05, 4.69) is 20.8 Å². The molecular weight excluding hydrogens is 526 g/mol. The fraction of sp³-hybridized carbons (Fsp3) is 0.975. The molecule has 0 amide bonds. The first-order chi connectivity index (χ1) is 21.2.